The second kappa shape index (κ2) is 6.06. The van der Waals surface area contributed by atoms with Crippen molar-refractivity contribution in [2.45, 2.75) is 45.6 Å². The van der Waals surface area contributed by atoms with E-state index in [0.717, 1.165) is 24.9 Å². The van der Waals surface area contributed by atoms with Crippen molar-refractivity contribution in [1.82, 2.24) is 5.32 Å². The molecule has 0 atom stereocenters. The first-order chi connectivity index (χ1) is 8.27. The topological polar surface area (TPSA) is 21.3 Å². The molecule has 1 saturated carbocycles. The quantitative estimate of drug-likeness (QED) is 0.788. The van der Waals surface area contributed by atoms with Gasteiger partial charge in [0.2, 0.25) is 0 Å². The maximum atomic E-state index is 5.81. The predicted octanol–water partition coefficient (Wildman–Crippen LogP) is 3.21. The van der Waals surface area contributed by atoms with Gasteiger partial charge in [-0.05, 0) is 43.9 Å². The molecule has 1 aromatic rings. The van der Waals surface area contributed by atoms with Gasteiger partial charge in [-0.2, -0.15) is 0 Å². The minimum atomic E-state index is 0.734. The smallest absolute Gasteiger partial charge is 0.122 e. The third-order valence-corrected chi connectivity index (χ3v) is 3.70. The molecule has 2 rings (SSSR count). The fourth-order valence-electron chi connectivity index (χ4n) is 2.43. The summed E-state index contributed by atoms with van der Waals surface area (Å²) in [7, 11) is 0. The molecular weight excluding hydrogens is 210 g/mol. The third kappa shape index (κ3) is 3.47. The van der Waals surface area contributed by atoms with Gasteiger partial charge in [0.1, 0.15) is 12.4 Å². The van der Waals surface area contributed by atoms with Crippen molar-refractivity contribution in [1.29, 1.82) is 0 Å². The normalized spacial score (nSPS) is 16.4. The van der Waals surface area contributed by atoms with E-state index in [1.807, 2.05) is 0 Å². The zero-order valence-corrected chi connectivity index (χ0v) is 11.0. The molecule has 94 valence electrons. The highest BCUT2D eigenvalue weighted by Crippen LogP contribution is 2.20. The molecule has 0 aromatic heterocycles. The Morgan fingerprint density at radius 2 is 2.00 bits per heavy atom. The summed E-state index contributed by atoms with van der Waals surface area (Å²) in [5.74, 6) is 1.03. The van der Waals surface area contributed by atoms with Crippen molar-refractivity contribution < 1.29 is 4.74 Å². The molecule has 1 aliphatic carbocycles. The van der Waals surface area contributed by atoms with Crippen LogP contribution in [0.4, 0.5) is 0 Å². The first-order valence-electron chi connectivity index (χ1n) is 6.70. The molecular formula is C15H23NO. The van der Waals surface area contributed by atoms with Gasteiger partial charge in [-0.15, -0.1) is 0 Å². The lowest BCUT2D eigenvalue weighted by Gasteiger charge is -2.14. The minimum Gasteiger partial charge on any atom is -0.492 e. The van der Waals surface area contributed by atoms with Crippen LogP contribution in [-0.2, 0) is 0 Å². The Labute approximate surface area is 104 Å². The highest BCUT2D eigenvalue weighted by molar-refractivity contribution is 5.38. The van der Waals surface area contributed by atoms with Gasteiger partial charge in [0, 0.05) is 12.6 Å². The molecule has 17 heavy (non-hydrogen) atoms. The van der Waals surface area contributed by atoms with Crippen LogP contribution in [0.5, 0.6) is 5.75 Å². The van der Waals surface area contributed by atoms with Crippen LogP contribution in [0.1, 0.15) is 36.8 Å². The van der Waals surface area contributed by atoms with Crippen molar-refractivity contribution in [3.63, 3.8) is 0 Å². The first kappa shape index (κ1) is 12.4. The van der Waals surface area contributed by atoms with Gasteiger partial charge >= 0.3 is 0 Å². The molecule has 1 aromatic carbocycles. The number of benzene rings is 1. The Hall–Kier alpha value is -1.02. The van der Waals surface area contributed by atoms with Crippen molar-refractivity contribution >= 4 is 0 Å². The summed E-state index contributed by atoms with van der Waals surface area (Å²) >= 11 is 0. The number of hydrogen-bond acceptors (Lipinski definition) is 2. The van der Waals surface area contributed by atoms with Gasteiger partial charge in [-0.3, -0.25) is 0 Å². The fraction of sp³-hybridized carbons (Fsp3) is 0.600. The summed E-state index contributed by atoms with van der Waals surface area (Å²) in [4.78, 5) is 0. The number of aryl methyl sites for hydroxylation is 1. The summed E-state index contributed by atoms with van der Waals surface area (Å²) in [6, 6.07) is 6.97. The van der Waals surface area contributed by atoms with Crippen molar-refractivity contribution in [2.75, 3.05) is 13.2 Å². The molecule has 0 heterocycles. The van der Waals surface area contributed by atoms with Crippen LogP contribution >= 0.6 is 0 Å². The van der Waals surface area contributed by atoms with E-state index in [4.69, 9.17) is 4.74 Å². The van der Waals surface area contributed by atoms with Crippen molar-refractivity contribution in [2.24, 2.45) is 0 Å². The van der Waals surface area contributed by atoms with Gasteiger partial charge in [-0.25, -0.2) is 0 Å². The number of rotatable bonds is 5. The summed E-state index contributed by atoms with van der Waals surface area (Å²) in [6.45, 7) is 5.97. The van der Waals surface area contributed by atoms with Crippen LogP contribution in [0.3, 0.4) is 0 Å². The lowest BCUT2D eigenvalue weighted by molar-refractivity contribution is 0.303. The van der Waals surface area contributed by atoms with Gasteiger partial charge < -0.3 is 10.1 Å². The van der Waals surface area contributed by atoms with Crippen LogP contribution < -0.4 is 10.1 Å². The van der Waals surface area contributed by atoms with E-state index in [-0.39, 0.29) is 0 Å². The number of ether oxygens (including phenoxy) is 1. The van der Waals surface area contributed by atoms with E-state index in [9.17, 15) is 0 Å². The molecule has 1 fully saturated rings. The van der Waals surface area contributed by atoms with Crippen LogP contribution in [0.15, 0.2) is 18.2 Å². The summed E-state index contributed by atoms with van der Waals surface area (Å²) in [5, 5.41) is 3.56. The third-order valence-electron chi connectivity index (χ3n) is 3.70. The first-order valence-corrected chi connectivity index (χ1v) is 6.70. The number of nitrogens with one attached hydrogen (secondary N) is 1. The molecule has 0 radical (unpaired) electrons. The number of hydrogen-bond donors (Lipinski definition) is 1. The van der Waals surface area contributed by atoms with E-state index >= 15 is 0 Å². The average Bonchev–Trinajstić information content (AvgIpc) is 2.83. The van der Waals surface area contributed by atoms with E-state index in [1.54, 1.807) is 0 Å². The zero-order chi connectivity index (χ0) is 12.1. The molecule has 0 amide bonds. The van der Waals surface area contributed by atoms with Crippen molar-refractivity contribution in [3.8, 4) is 5.75 Å². The van der Waals surface area contributed by atoms with Crippen molar-refractivity contribution in [3.05, 3.63) is 29.3 Å². The second-order valence-corrected chi connectivity index (χ2v) is 4.98. The lowest BCUT2D eigenvalue weighted by Crippen LogP contribution is -2.30. The Kier molecular flexibility index (Phi) is 4.43. The molecule has 1 N–H and O–H groups in total. The standard InChI is InChI=1S/C15H23NO/c1-12-6-5-9-15(13(12)2)17-11-10-16-14-7-3-4-8-14/h5-6,9,14,16H,3-4,7-8,10-11H2,1-2H3. The van der Waals surface area contributed by atoms with E-state index in [0.29, 0.717) is 0 Å². The molecule has 1 aliphatic rings. The Bertz CT molecular complexity index is 356. The lowest BCUT2D eigenvalue weighted by atomic mass is 10.1. The average molecular weight is 233 g/mol. The van der Waals surface area contributed by atoms with E-state index in [2.05, 4.69) is 37.4 Å². The largest absolute Gasteiger partial charge is 0.492 e. The molecule has 2 heteroatoms. The molecule has 2 nitrogen and oxygen atoms in total. The molecule has 0 spiro atoms. The van der Waals surface area contributed by atoms with Crippen LogP contribution in [0.2, 0.25) is 0 Å². The predicted molar refractivity (Wildman–Crippen MR) is 71.7 cm³/mol. The zero-order valence-electron chi connectivity index (χ0n) is 11.0. The Balaban J connectivity index is 1.72. The highest BCUT2D eigenvalue weighted by Gasteiger charge is 2.13. The van der Waals surface area contributed by atoms with Gasteiger partial charge in [0.25, 0.3) is 0 Å². The maximum absolute atomic E-state index is 5.81. The monoisotopic (exact) mass is 233 g/mol. The Morgan fingerprint density at radius 3 is 2.76 bits per heavy atom. The van der Waals surface area contributed by atoms with E-state index in [1.165, 1.54) is 36.8 Å². The molecule has 0 aliphatic heterocycles. The maximum Gasteiger partial charge on any atom is 0.122 e. The van der Waals surface area contributed by atoms with Gasteiger partial charge in [0.05, 0.1) is 0 Å². The molecule has 0 unspecified atom stereocenters. The molecule has 0 saturated heterocycles. The summed E-state index contributed by atoms with van der Waals surface area (Å²) in [6.07, 6.45) is 5.44. The second-order valence-electron chi connectivity index (χ2n) is 4.98. The van der Waals surface area contributed by atoms with Gasteiger partial charge in [0.15, 0.2) is 0 Å². The van der Waals surface area contributed by atoms with Crippen LogP contribution in [-0.4, -0.2) is 19.2 Å². The minimum absolute atomic E-state index is 0.734. The fourth-order valence-corrected chi connectivity index (χ4v) is 2.43. The van der Waals surface area contributed by atoms with Crippen LogP contribution in [0.25, 0.3) is 0 Å². The van der Waals surface area contributed by atoms with Gasteiger partial charge in [-0.1, -0.05) is 25.0 Å². The molecule has 0 bridgehead atoms. The highest BCUT2D eigenvalue weighted by atomic mass is 16.5. The van der Waals surface area contributed by atoms with E-state index < -0.39 is 0 Å². The summed E-state index contributed by atoms with van der Waals surface area (Å²) in [5.41, 5.74) is 2.56. The Morgan fingerprint density at radius 1 is 1.24 bits per heavy atom. The summed E-state index contributed by atoms with van der Waals surface area (Å²) < 4.78 is 5.81. The van der Waals surface area contributed by atoms with Crippen LogP contribution in [0, 0.1) is 13.8 Å². The SMILES string of the molecule is Cc1cccc(OCCNC2CCCC2)c1C.